The van der Waals surface area contributed by atoms with Crippen LogP contribution in [0.25, 0.3) is 0 Å². The molecule has 0 saturated carbocycles. The zero-order chi connectivity index (χ0) is 18.6. The SMILES string of the molecule is CCNC(=NCCCCN1CCCC1)Nc1ccc(OCC)c(OC)c1. The van der Waals surface area contributed by atoms with Gasteiger partial charge >= 0.3 is 0 Å². The van der Waals surface area contributed by atoms with Gasteiger partial charge in [-0.1, -0.05) is 0 Å². The number of likely N-dealkylation sites (tertiary alicyclic amines) is 1. The molecule has 0 atom stereocenters. The van der Waals surface area contributed by atoms with Gasteiger partial charge < -0.3 is 25.0 Å². The Morgan fingerprint density at radius 1 is 1.15 bits per heavy atom. The number of rotatable bonds is 10. The normalized spacial score (nSPS) is 15.1. The maximum absolute atomic E-state index is 5.57. The van der Waals surface area contributed by atoms with Crippen LogP contribution in [0.4, 0.5) is 5.69 Å². The molecule has 1 aliphatic rings. The molecule has 1 aromatic carbocycles. The highest BCUT2D eigenvalue weighted by atomic mass is 16.5. The fraction of sp³-hybridized carbons (Fsp3) is 0.650. The monoisotopic (exact) mass is 362 g/mol. The van der Waals surface area contributed by atoms with E-state index < -0.39 is 0 Å². The number of guanidine groups is 1. The molecule has 1 saturated heterocycles. The first-order chi connectivity index (χ1) is 12.8. The highest BCUT2D eigenvalue weighted by Gasteiger charge is 2.10. The van der Waals surface area contributed by atoms with Gasteiger partial charge in [0.25, 0.3) is 0 Å². The van der Waals surface area contributed by atoms with Crippen molar-refractivity contribution in [2.45, 2.75) is 39.5 Å². The molecule has 1 heterocycles. The average molecular weight is 363 g/mol. The zero-order valence-electron chi connectivity index (χ0n) is 16.5. The van der Waals surface area contributed by atoms with Crippen molar-refractivity contribution in [3.05, 3.63) is 18.2 Å². The highest BCUT2D eigenvalue weighted by molar-refractivity contribution is 5.93. The molecule has 0 bridgehead atoms. The van der Waals surface area contributed by atoms with Crippen molar-refractivity contribution in [3.8, 4) is 11.5 Å². The second-order valence-corrected chi connectivity index (χ2v) is 6.44. The first-order valence-corrected chi connectivity index (χ1v) is 9.85. The largest absolute Gasteiger partial charge is 0.493 e. The number of hydrogen-bond donors (Lipinski definition) is 2. The molecule has 0 radical (unpaired) electrons. The van der Waals surface area contributed by atoms with E-state index in [9.17, 15) is 0 Å². The Balaban J connectivity index is 1.85. The van der Waals surface area contributed by atoms with E-state index >= 15 is 0 Å². The minimum atomic E-state index is 0.616. The van der Waals surface area contributed by atoms with Crippen LogP contribution in [0.1, 0.15) is 39.5 Å². The van der Waals surface area contributed by atoms with E-state index in [1.807, 2.05) is 25.1 Å². The van der Waals surface area contributed by atoms with Crippen LogP contribution in [0.2, 0.25) is 0 Å². The van der Waals surface area contributed by atoms with Crippen molar-refractivity contribution in [2.24, 2.45) is 4.99 Å². The number of unbranched alkanes of at least 4 members (excludes halogenated alkanes) is 1. The number of methoxy groups -OCH3 is 1. The summed E-state index contributed by atoms with van der Waals surface area (Å²) in [6, 6.07) is 5.84. The van der Waals surface area contributed by atoms with Crippen LogP contribution < -0.4 is 20.1 Å². The summed E-state index contributed by atoms with van der Waals surface area (Å²) in [5, 5.41) is 6.65. The molecule has 6 heteroatoms. The van der Waals surface area contributed by atoms with Gasteiger partial charge in [-0.2, -0.15) is 0 Å². The molecule has 0 spiro atoms. The van der Waals surface area contributed by atoms with Gasteiger partial charge in [0.05, 0.1) is 13.7 Å². The third-order valence-electron chi connectivity index (χ3n) is 4.42. The van der Waals surface area contributed by atoms with Crippen molar-refractivity contribution in [1.29, 1.82) is 0 Å². The fourth-order valence-electron chi connectivity index (χ4n) is 3.11. The standard InChI is InChI=1S/C20H34N4O2/c1-4-21-20(22-12-6-7-13-24-14-8-9-15-24)23-17-10-11-18(26-5-2)19(16-17)25-3/h10-11,16H,4-9,12-15H2,1-3H3,(H2,21,22,23). The van der Waals surface area contributed by atoms with Crippen molar-refractivity contribution in [1.82, 2.24) is 10.2 Å². The lowest BCUT2D eigenvalue weighted by Gasteiger charge is -2.15. The topological polar surface area (TPSA) is 58.1 Å². The number of anilines is 1. The van der Waals surface area contributed by atoms with Gasteiger partial charge in [-0.15, -0.1) is 0 Å². The average Bonchev–Trinajstić information content (AvgIpc) is 3.16. The van der Waals surface area contributed by atoms with Gasteiger partial charge in [0.2, 0.25) is 0 Å². The smallest absolute Gasteiger partial charge is 0.195 e. The van der Waals surface area contributed by atoms with E-state index in [-0.39, 0.29) is 0 Å². The van der Waals surface area contributed by atoms with E-state index in [0.717, 1.165) is 42.7 Å². The molecule has 26 heavy (non-hydrogen) atoms. The summed E-state index contributed by atoms with van der Waals surface area (Å²) in [5.74, 6) is 2.28. The third-order valence-corrected chi connectivity index (χ3v) is 4.42. The molecule has 0 amide bonds. The Morgan fingerprint density at radius 2 is 1.96 bits per heavy atom. The summed E-state index contributed by atoms with van der Waals surface area (Å²) in [7, 11) is 1.65. The van der Waals surface area contributed by atoms with Gasteiger partial charge in [-0.3, -0.25) is 4.99 Å². The van der Waals surface area contributed by atoms with Gasteiger partial charge in [0.1, 0.15) is 0 Å². The van der Waals surface area contributed by atoms with Crippen LogP contribution in [0, 0.1) is 0 Å². The molecule has 0 aromatic heterocycles. The van der Waals surface area contributed by atoms with Crippen LogP contribution in [0.5, 0.6) is 11.5 Å². The molecule has 1 aliphatic heterocycles. The summed E-state index contributed by atoms with van der Waals surface area (Å²) in [5.41, 5.74) is 0.932. The Bertz CT molecular complexity index is 557. The minimum absolute atomic E-state index is 0.616. The predicted molar refractivity (Wildman–Crippen MR) is 109 cm³/mol. The highest BCUT2D eigenvalue weighted by Crippen LogP contribution is 2.30. The van der Waals surface area contributed by atoms with Crippen molar-refractivity contribution >= 4 is 11.6 Å². The molecule has 2 rings (SSSR count). The van der Waals surface area contributed by atoms with Crippen LogP contribution >= 0.6 is 0 Å². The van der Waals surface area contributed by atoms with Gasteiger partial charge in [-0.05, 0) is 71.3 Å². The van der Waals surface area contributed by atoms with Gasteiger partial charge in [0, 0.05) is 24.8 Å². The maximum atomic E-state index is 5.57. The van der Waals surface area contributed by atoms with E-state index in [0.29, 0.717) is 6.61 Å². The van der Waals surface area contributed by atoms with Gasteiger partial charge in [-0.25, -0.2) is 0 Å². The summed E-state index contributed by atoms with van der Waals surface area (Å²) in [6.07, 6.45) is 5.04. The summed E-state index contributed by atoms with van der Waals surface area (Å²) in [6.45, 7) is 10.1. The Kier molecular flexibility index (Phi) is 9.10. The quantitative estimate of drug-likeness (QED) is 0.380. The summed E-state index contributed by atoms with van der Waals surface area (Å²) in [4.78, 5) is 7.25. The number of hydrogen-bond acceptors (Lipinski definition) is 4. The summed E-state index contributed by atoms with van der Waals surface area (Å²) >= 11 is 0. The molecule has 0 unspecified atom stereocenters. The molecule has 1 fully saturated rings. The second kappa shape index (κ2) is 11.6. The molecule has 6 nitrogen and oxygen atoms in total. The zero-order valence-corrected chi connectivity index (χ0v) is 16.5. The first kappa shape index (κ1) is 20.4. The number of aliphatic imine (C=N–C) groups is 1. The number of nitrogens with zero attached hydrogens (tertiary/aromatic N) is 2. The molecular formula is C20H34N4O2. The number of ether oxygens (including phenoxy) is 2. The minimum Gasteiger partial charge on any atom is -0.493 e. The number of benzene rings is 1. The number of nitrogens with one attached hydrogen (secondary N) is 2. The fourth-order valence-corrected chi connectivity index (χ4v) is 3.11. The molecule has 2 N–H and O–H groups in total. The van der Waals surface area contributed by atoms with E-state index in [2.05, 4.69) is 22.5 Å². The van der Waals surface area contributed by atoms with E-state index in [1.54, 1.807) is 7.11 Å². The summed E-state index contributed by atoms with van der Waals surface area (Å²) < 4.78 is 11.0. The van der Waals surface area contributed by atoms with Crippen molar-refractivity contribution < 1.29 is 9.47 Å². The molecule has 146 valence electrons. The Labute approximate surface area is 158 Å². The Hall–Kier alpha value is -1.95. The molecule has 0 aliphatic carbocycles. The third kappa shape index (κ3) is 6.75. The van der Waals surface area contributed by atoms with E-state index in [1.165, 1.54) is 38.9 Å². The second-order valence-electron chi connectivity index (χ2n) is 6.44. The van der Waals surface area contributed by atoms with Crippen LogP contribution in [0.15, 0.2) is 23.2 Å². The first-order valence-electron chi connectivity index (χ1n) is 9.85. The van der Waals surface area contributed by atoms with Crippen LogP contribution in [0.3, 0.4) is 0 Å². The molecule has 1 aromatic rings. The lowest BCUT2D eigenvalue weighted by molar-refractivity contribution is 0.311. The van der Waals surface area contributed by atoms with E-state index in [4.69, 9.17) is 14.5 Å². The lowest BCUT2D eigenvalue weighted by atomic mass is 10.2. The molecular weight excluding hydrogens is 328 g/mol. The van der Waals surface area contributed by atoms with Crippen molar-refractivity contribution in [3.63, 3.8) is 0 Å². The predicted octanol–water partition coefficient (Wildman–Crippen LogP) is 3.35. The van der Waals surface area contributed by atoms with Crippen LogP contribution in [-0.4, -0.2) is 57.3 Å². The van der Waals surface area contributed by atoms with Crippen LogP contribution in [-0.2, 0) is 0 Å². The van der Waals surface area contributed by atoms with Crippen molar-refractivity contribution in [2.75, 3.05) is 51.8 Å². The lowest BCUT2D eigenvalue weighted by Crippen LogP contribution is -2.30. The maximum Gasteiger partial charge on any atom is 0.195 e. The van der Waals surface area contributed by atoms with Gasteiger partial charge in [0.15, 0.2) is 17.5 Å². The Morgan fingerprint density at radius 3 is 2.65 bits per heavy atom.